The molecule has 2 aromatic rings. The third kappa shape index (κ3) is 4.55. The third-order valence-corrected chi connectivity index (χ3v) is 4.60. The second kappa shape index (κ2) is 8.66. The summed E-state index contributed by atoms with van der Waals surface area (Å²) in [5, 5.41) is 15.4. The van der Waals surface area contributed by atoms with Crippen LogP contribution in [0.2, 0.25) is 0 Å². The lowest BCUT2D eigenvalue weighted by Crippen LogP contribution is -2.40. The van der Waals surface area contributed by atoms with Crippen molar-refractivity contribution in [1.82, 2.24) is 10.1 Å². The number of nitrogens with zero attached hydrogens (tertiary/aromatic N) is 2. The Labute approximate surface area is 161 Å². The molecule has 3 rings (SSSR count). The number of piperidine rings is 1. The number of hydrogen-bond acceptors (Lipinski definition) is 6. The largest absolute Gasteiger partial charge is 0.481 e. The molecule has 2 heterocycles. The van der Waals surface area contributed by atoms with Gasteiger partial charge in [-0.05, 0) is 37.1 Å². The second-order valence-electron chi connectivity index (χ2n) is 6.55. The smallest absolute Gasteiger partial charge is 0.306 e. The molecule has 28 heavy (non-hydrogen) atoms. The van der Waals surface area contributed by atoms with Gasteiger partial charge in [0.25, 0.3) is 11.8 Å². The quantitative estimate of drug-likeness (QED) is 0.777. The van der Waals surface area contributed by atoms with Crippen LogP contribution < -0.4 is 5.32 Å². The van der Waals surface area contributed by atoms with Gasteiger partial charge in [0.2, 0.25) is 0 Å². The van der Waals surface area contributed by atoms with E-state index in [1.807, 2.05) is 0 Å². The molecule has 2 amide bonds. The SMILES string of the molecule is COCc1cc(C(=O)Nc2ccc(C(=O)N3CCC(C(=O)O)CC3)cc2)no1. The Morgan fingerprint density at radius 3 is 2.54 bits per heavy atom. The molecule has 0 atom stereocenters. The van der Waals surface area contributed by atoms with Gasteiger partial charge in [0, 0.05) is 37.5 Å². The number of anilines is 1. The van der Waals surface area contributed by atoms with Crippen molar-refractivity contribution in [3.63, 3.8) is 0 Å². The molecule has 1 aliphatic rings. The van der Waals surface area contributed by atoms with Crippen LogP contribution in [-0.2, 0) is 16.1 Å². The number of aromatic nitrogens is 1. The zero-order valence-electron chi connectivity index (χ0n) is 15.4. The number of carboxylic acid groups (broad SMARTS) is 1. The molecule has 2 N–H and O–H groups in total. The lowest BCUT2D eigenvalue weighted by atomic mass is 9.96. The molecule has 1 aliphatic heterocycles. The Balaban J connectivity index is 1.57. The number of amides is 2. The minimum Gasteiger partial charge on any atom is -0.481 e. The van der Waals surface area contributed by atoms with Crippen LogP contribution in [0.3, 0.4) is 0 Å². The van der Waals surface area contributed by atoms with Crippen LogP contribution in [0, 0.1) is 5.92 Å². The molecule has 0 saturated carbocycles. The van der Waals surface area contributed by atoms with Crippen LogP contribution in [0.15, 0.2) is 34.9 Å². The summed E-state index contributed by atoms with van der Waals surface area (Å²) in [5.74, 6) is -1.33. The van der Waals surface area contributed by atoms with Gasteiger partial charge in [-0.25, -0.2) is 0 Å². The number of carboxylic acids is 1. The molecule has 0 radical (unpaired) electrons. The van der Waals surface area contributed by atoms with Gasteiger partial charge in [-0.1, -0.05) is 5.16 Å². The number of likely N-dealkylation sites (tertiary alicyclic amines) is 1. The van der Waals surface area contributed by atoms with E-state index in [9.17, 15) is 14.4 Å². The predicted octanol–water partition coefficient (Wildman–Crippen LogP) is 2.01. The van der Waals surface area contributed by atoms with E-state index in [0.29, 0.717) is 42.9 Å². The Bertz CT molecular complexity index is 853. The van der Waals surface area contributed by atoms with Crippen LogP contribution in [0.1, 0.15) is 39.4 Å². The number of methoxy groups -OCH3 is 1. The Morgan fingerprint density at radius 2 is 1.93 bits per heavy atom. The normalized spacial score (nSPS) is 14.7. The van der Waals surface area contributed by atoms with Gasteiger partial charge in [0.15, 0.2) is 11.5 Å². The molecular formula is C19H21N3O6. The molecule has 0 bridgehead atoms. The van der Waals surface area contributed by atoms with Crippen molar-refractivity contribution in [3.05, 3.63) is 47.3 Å². The van der Waals surface area contributed by atoms with Crippen LogP contribution in [-0.4, -0.2) is 53.1 Å². The van der Waals surface area contributed by atoms with Gasteiger partial charge < -0.3 is 24.6 Å². The van der Waals surface area contributed by atoms with E-state index in [1.54, 1.807) is 29.2 Å². The molecule has 1 aromatic heterocycles. The molecule has 0 aliphatic carbocycles. The molecule has 1 aromatic carbocycles. The van der Waals surface area contributed by atoms with Crippen molar-refractivity contribution in [3.8, 4) is 0 Å². The summed E-state index contributed by atoms with van der Waals surface area (Å²) < 4.78 is 9.89. The van der Waals surface area contributed by atoms with E-state index in [1.165, 1.54) is 13.2 Å². The first kappa shape index (κ1) is 19.6. The van der Waals surface area contributed by atoms with Gasteiger partial charge in [0.1, 0.15) is 6.61 Å². The summed E-state index contributed by atoms with van der Waals surface area (Å²) in [6.45, 7) is 1.06. The Kier molecular flexibility index (Phi) is 6.05. The maximum absolute atomic E-state index is 12.6. The molecule has 9 nitrogen and oxygen atoms in total. The van der Waals surface area contributed by atoms with Crippen molar-refractivity contribution in [2.45, 2.75) is 19.4 Å². The standard InChI is InChI=1S/C19H21N3O6/c1-27-11-15-10-16(21-28-15)17(23)20-14-4-2-12(3-5-14)18(24)22-8-6-13(7-9-22)19(25)26/h2-5,10,13H,6-9,11H2,1H3,(H,20,23)(H,25,26). The molecular weight excluding hydrogens is 366 g/mol. The van der Waals surface area contributed by atoms with E-state index in [-0.39, 0.29) is 24.1 Å². The fraction of sp³-hybridized carbons (Fsp3) is 0.368. The Hall–Kier alpha value is -3.20. The van der Waals surface area contributed by atoms with E-state index in [2.05, 4.69) is 10.5 Å². The minimum absolute atomic E-state index is 0.133. The number of rotatable bonds is 6. The monoisotopic (exact) mass is 387 g/mol. The van der Waals surface area contributed by atoms with Crippen molar-refractivity contribution in [1.29, 1.82) is 0 Å². The minimum atomic E-state index is -0.811. The predicted molar refractivity (Wildman–Crippen MR) is 97.9 cm³/mol. The van der Waals surface area contributed by atoms with Crippen molar-refractivity contribution < 1.29 is 28.8 Å². The summed E-state index contributed by atoms with van der Waals surface area (Å²) in [7, 11) is 1.51. The number of carbonyl (C=O) groups excluding carboxylic acids is 2. The van der Waals surface area contributed by atoms with Gasteiger partial charge in [-0.2, -0.15) is 0 Å². The van der Waals surface area contributed by atoms with Crippen molar-refractivity contribution >= 4 is 23.5 Å². The van der Waals surface area contributed by atoms with Crippen LogP contribution in [0.25, 0.3) is 0 Å². The van der Waals surface area contributed by atoms with Gasteiger partial charge in [-0.15, -0.1) is 0 Å². The van der Waals surface area contributed by atoms with Crippen molar-refractivity contribution in [2.75, 3.05) is 25.5 Å². The summed E-state index contributed by atoms with van der Waals surface area (Å²) in [4.78, 5) is 37.4. The zero-order chi connectivity index (χ0) is 20.1. The second-order valence-corrected chi connectivity index (χ2v) is 6.55. The maximum atomic E-state index is 12.6. The van der Waals surface area contributed by atoms with E-state index < -0.39 is 11.9 Å². The summed E-state index contributed by atoms with van der Waals surface area (Å²) in [6.07, 6.45) is 0.913. The fourth-order valence-electron chi connectivity index (χ4n) is 3.03. The first-order valence-corrected chi connectivity index (χ1v) is 8.86. The molecule has 1 fully saturated rings. The number of ether oxygens (including phenoxy) is 1. The number of hydrogen-bond donors (Lipinski definition) is 2. The Morgan fingerprint density at radius 1 is 1.25 bits per heavy atom. The molecule has 1 saturated heterocycles. The molecule has 9 heteroatoms. The highest BCUT2D eigenvalue weighted by Gasteiger charge is 2.27. The fourth-order valence-corrected chi connectivity index (χ4v) is 3.03. The lowest BCUT2D eigenvalue weighted by molar-refractivity contribution is -0.143. The average Bonchev–Trinajstić information content (AvgIpc) is 3.17. The topological polar surface area (TPSA) is 122 Å². The first-order valence-electron chi connectivity index (χ1n) is 8.86. The van der Waals surface area contributed by atoms with E-state index in [4.69, 9.17) is 14.4 Å². The number of nitrogens with one attached hydrogen (secondary N) is 1. The van der Waals surface area contributed by atoms with Crippen LogP contribution in [0.4, 0.5) is 5.69 Å². The molecule has 148 valence electrons. The highest BCUT2D eigenvalue weighted by Crippen LogP contribution is 2.20. The van der Waals surface area contributed by atoms with E-state index in [0.717, 1.165) is 0 Å². The first-order chi connectivity index (χ1) is 13.5. The number of benzene rings is 1. The average molecular weight is 387 g/mol. The lowest BCUT2D eigenvalue weighted by Gasteiger charge is -2.30. The van der Waals surface area contributed by atoms with Crippen LogP contribution in [0.5, 0.6) is 0 Å². The van der Waals surface area contributed by atoms with Crippen LogP contribution >= 0.6 is 0 Å². The third-order valence-electron chi connectivity index (χ3n) is 4.60. The van der Waals surface area contributed by atoms with Gasteiger partial charge in [-0.3, -0.25) is 14.4 Å². The van der Waals surface area contributed by atoms with Gasteiger partial charge >= 0.3 is 5.97 Å². The summed E-state index contributed by atoms with van der Waals surface area (Å²) in [6, 6.07) is 8.01. The highest BCUT2D eigenvalue weighted by atomic mass is 16.5. The zero-order valence-corrected chi connectivity index (χ0v) is 15.4. The summed E-state index contributed by atoms with van der Waals surface area (Å²) >= 11 is 0. The molecule has 0 unspecified atom stereocenters. The summed E-state index contributed by atoms with van der Waals surface area (Å²) in [5.41, 5.74) is 1.13. The van der Waals surface area contributed by atoms with E-state index >= 15 is 0 Å². The number of aliphatic carboxylic acids is 1. The number of carbonyl (C=O) groups is 3. The maximum Gasteiger partial charge on any atom is 0.306 e. The molecule has 0 spiro atoms. The van der Waals surface area contributed by atoms with Gasteiger partial charge in [0.05, 0.1) is 5.92 Å². The van der Waals surface area contributed by atoms with Crippen molar-refractivity contribution in [2.24, 2.45) is 5.92 Å². The highest BCUT2D eigenvalue weighted by molar-refractivity contribution is 6.03.